The van der Waals surface area contributed by atoms with E-state index in [1.165, 1.54) is 5.75 Å². The number of aromatic nitrogens is 1. The van der Waals surface area contributed by atoms with Crippen molar-refractivity contribution in [2.24, 2.45) is 0 Å². The Bertz CT molecular complexity index is 342. The van der Waals surface area contributed by atoms with Crippen LogP contribution in [-0.4, -0.2) is 35.2 Å². The Hall–Kier alpha value is -0.740. The zero-order valence-electron chi connectivity index (χ0n) is 11.8. The average Bonchev–Trinajstić information content (AvgIpc) is 2.43. The molecule has 2 atom stereocenters. The molecule has 18 heavy (non-hydrogen) atoms. The average molecular weight is 268 g/mol. The van der Waals surface area contributed by atoms with Gasteiger partial charge in [0.05, 0.1) is 23.7 Å². The van der Waals surface area contributed by atoms with E-state index in [1.807, 2.05) is 37.0 Å². The first-order chi connectivity index (χ1) is 8.60. The van der Waals surface area contributed by atoms with Crippen LogP contribution in [-0.2, 0) is 0 Å². The van der Waals surface area contributed by atoms with E-state index in [1.54, 1.807) is 0 Å². The standard InChI is InChI=1S/C14H24N2OS/c1-5-14(17)13-7-6-12(10-15-13)16(3)11(2)8-9-18-4/h6-7,10-11,14,17H,5,8-9H2,1-4H3/t11?,14-/m0/s1. The van der Waals surface area contributed by atoms with Gasteiger partial charge in [-0.3, -0.25) is 4.98 Å². The maximum Gasteiger partial charge on any atom is 0.0957 e. The van der Waals surface area contributed by atoms with Crippen molar-refractivity contribution in [3.8, 4) is 0 Å². The van der Waals surface area contributed by atoms with Crippen molar-refractivity contribution in [3.05, 3.63) is 24.0 Å². The second-order valence-corrected chi connectivity index (χ2v) is 5.59. The molecule has 0 aliphatic heterocycles. The van der Waals surface area contributed by atoms with Crippen molar-refractivity contribution >= 4 is 17.4 Å². The van der Waals surface area contributed by atoms with Crippen molar-refractivity contribution in [1.29, 1.82) is 0 Å². The van der Waals surface area contributed by atoms with Crippen LogP contribution in [0.1, 0.15) is 38.5 Å². The molecule has 0 amide bonds. The third kappa shape index (κ3) is 4.18. The van der Waals surface area contributed by atoms with Crippen molar-refractivity contribution in [3.63, 3.8) is 0 Å². The van der Waals surface area contributed by atoms with Crippen LogP contribution in [0.5, 0.6) is 0 Å². The number of aliphatic hydroxyl groups excluding tert-OH is 1. The molecule has 0 fully saturated rings. The minimum atomic E-state index is -0.446. The van der Waals surface area contributed by atoms with E-state index in [-0.39, 0.29) is 0 Å². The highest BCUT2D eigenvalue weighted by Crippen LogP contribution is 2.20. The monoisotopic (exact) mass is 268 g/mol. The Balaban J connectivity index is 2.66. The molecule has 0 radical (unpaired) electrons. The lowest BCUT2D eigenvalue weighted by Gasteiger charge is -2.26. The van der Waals surface area contributed by atoms with Crippen molar-refractivity contribution in [2.45, 2.75) is 38.8 Å². The zero-order valence-corrected chi connectivity index (χ0v) is 12.6. The quantitative estimate of drug-likeness (QED) is 0.824. The lowest BCUT2D eigenvalue weighted by atomic mass is 10.1. The number of rotatable bonds is 7. The molecule has 0 saturated carbocycles. The molecule has 0 spiro atoms. The highest BCUT2D eigenvalue weighted by Gasteiger charge is 2.11. The molecule has 1 aromatic rings. The van der Waals surface area contributed by atoms with E-state index in [9.17, 15) is 5.11 Å². The first-order valence-electron chi connectivity index (χ1n) is 6.45. The molecule has 102 valence electrons. The van der Waals surface area contributed by atoms with Gasteiger partial charge in [0, 0.05) is 13.1 Å². The number of aliphatic hydroxyl groups is 1. The Kier molecular flexibility index (Phi) is 6.50. The normalized spacial score (nSPS) is 14.3. The number of pyridine rings is 1. The Morgan fingerprint density at radius 1 is 1.44 bits per heavy atom. The fraction of sp³-hybridized carbons (Fsp3) is 0.643. The number of hydrogen-bond acceptors (Lipinski definition) is 4. The third-order valence-electron chi connectivity index (χ3n) is 3.31. The molecule has 1 N–H and O–H groups in total. The van der Waals surface area contributed by atoms with Crippen LogP contribution < -0.4 is 4.90 Å². The number of hydrogen-bond donors (Lipinski definition) is 1. The van der Waals surface area contributed by atoms with Crippen LogP contribution in [0.4, 0.5) is 5.69 Å². The maximum absolute atomic E-state index is 9.71. The summed E-state index contributed by atoms with van der Waals surface area (Å²) in [6.07, 6.45) is 5.40. The van der Waals surface area contributed by atoms with Crippen LogP contribution in [0.15, 0.2) is 18.3 Å². The molecule has 4 heteroatoms. The van der Waals surface area contributed by atoms with Gasteiger partial charge in [-0.15, -0.1) is 0 Å². The molecule has 1 aromatic heterocycles. The zero-order chi connectivity index (χ0) is 13.5. The molecule has 1 unspecified atom stereocenters. The summed E-state index contributed by atoms with van der Waals surface area (Å²) < 4.78 is 0. The number of thioether (sulfide) groups is 1. The summed E-state index contributed by atoms with van der Waals surface area (Å²) in [6, 6.07) is 4.46. The SMILES string of the molecule is CC[C@H](O)c1ccc(N(C)C(C)CCSC)cn1. The van der Waals surface area contributed by atoms with Gasteiger partial charge >= 0.3 is 0 Å². The van der Waals surface area contributed by atoms with Crippen LogP contribution in [0.3, 0.4) is 0 Å². The van der Waals surface area contributed by atoms with E-state index in [4.69, 9.17) is 0 Å². The van der Waals surface area contributed by atoms with Crippen molar-refractivity contribution < 1.29 is 5.11 Å². The maximum atomic E-state index is 9.71. The van der Waals surface area contributed by atoms with E-state index < -0.39 is 6.10 Å². The van der Waals surface area contributed by atoms with Gasteiger partial charge in [-0.05, 0) is 43.9 Å². The highest BCUT2D eigenvalue weighted by molar-refractivity contribution is 7.98. The minimum Gasteiger partial charge on any atom is -0.387 e. The summed E-state index contributed by atoms with van der Waals surface area (Å²) >= 11 is 1.88. The van der Waals surface area contributed by atoms with E-state index in [2.05, 4.69) is 30.1 Å². The second kappa shape index (κ2) is 7.64. The third-order valence-corrected chi connectivity index (χ3v) is 3.95. The van der Waals surface area contributed by atoms with Gasteiger partial charge in [-0.25, -0.2) is 0 Å². The van der Waals surface area contributed by atoms with Crippen LogP contribution in [0.2, 0.25) is 0 Å². The highest BCUT2D eigenvalue weighted by atomic mass is 32.2. The van der Waals surface area contributed by atoms with Gasteiger partial charge in [0.2, 0.25) is 0 Å². The summed E-state index contributed by atoms with van der Waals surface area (Å²) in [5, 5.41) is 9.71. The van der Waals surface area contributed by atoms with E-state index >= 15 is 0 Å². The molecule has 0 saturated heterocycles. The summed E-state index contributed by atoms with van der Waals surface area (Å²) in [6.45, 7) is 4.18. The lowest BCUT2D eigenvalue weighted by molar-refractivity contribution is 0.169. The number of nitrogens with zero attached hydrogens (tertiary/aromatic N) is 2. The summed E-state index contributed by atoms with van der Waals surface area (Å²) in [7, 11) is 2.10. The summed E-state index contributed by atoms with van der Waals surface area (Å²) in [5.41, 5.74) is 1.86. The van der Waals surface area contributed by atoms with Crippen LogP contribution >= 0.6 is 11.8 Å². The number of anilines is 1. The molecule has 0 aliphatic rings. The van der Waals surface area contributed by atoms with Crippen molar-refractivity contribution in [2.75, 3.05) is 24.0 Å². The van der Waals surface area contributed by atoms with Crippen LogP contribution in [0, 0.1) is 0 Å². The van der Waals surface area contributed by atoms with E-state index in [0.717, 1.165) is 17.8 Å². The molecule has 0 aliphatic carbocycles. The smallest absolute Gasteiger partial charge is 0.0957 e. The summed E-state index contributed by atoms with van der Waals surface area (Å²) in [5.74, 6) is 1.17. The fourth-order valence-corrected chi connectivity index (χ4v) is 2.33. The predicted molar refractivity (Wildman–Crippen MR) is 80.4 cm³/mol. The van der Waals surface area contributed by atoms with Gasteiger partial charge < -0.3 is 10.0 Å². The van der Waals surface area contributed by atoms with Crippen LogP contribution in [0.25, 0.3) is 0 Å². The van der Waals surface area contributed by atoms with Crippen molar-refractivity contribution in [1.82, 2.24) is 4.98 Å². The topological polar surface area (TPSA) is 36.4 Å². The first-order valence-corrected chi connectivity index (χ1v) is 7.85. The Labute approximate surface area is 115 Å². The molecule has 3 nitrogen and oxygen atoms in total. The molecule has 0 bridgehead atoms. The molecule has 0 aromatic carbocycles. The minimum absolute atomic E-state index is 0.446. The first kappa shape index (κ1) is 15.3. The predicted octanol–water partition coefficient (Wildman–Crippen LogP) is 3.10. The van der Waals surface area contributed by atoms with Gasteiger partial charge in [0.15, 0.2) is 0 Å². The molecule has 1 rings (SSSR count). The van der Waals surface area contributed by atoms with E-state index in [0.29, 0.717) is 12.5 Å². The van der Waals surface area contributed by atoms with Gasteiger partial charge in [-0.2, -0.15) is 11.8 Å². The molecular formula is C14H24N2OS. The Morgan fingerprint density at radius 3 is 2.67 bits per heavy atom. The second-order valence-electron chi connectivity index (χ2n) is 4.61. The fourth-order valence-electron chi connectivity index (χ4n) is 1.75. The molecule has 1 heterocycles. The van der Waals surface area contributed by atoms with Gasteiger partial charge in [-0.1, -0.05) is 6.92 Å². The lowest BCUT2D eigenvalue weighted by Crippen LogP contribution is -2.29. The van der Waals surface area contributed by atoms with Gasteiger partial charge in [0.25, 0.3) is 0 Å². The molecular weight excluding hydrogens is 244 g/mol. The largest absolute Gasteiger partial charge is 0.387 e. The summed E-state index contributed by atoms with van der Waals surface area (Å²) in [4.78, 5) is 6.58. The Morgan fingerprint density at radius 2 is 2.17 bits per heavy atom. The van der Waals surface area contributed by atoms with Gasteiger partial charge in [0.1, 0.15) is 0 Å².